The van der Waals surface area contributed by atoms with Gasteiger partial charge in [0.2, 0.25) is 11.8 Å². The lowest BCUT2D eigenvalue weighted by molar-refractivity contribution is -0.127. The quantitative estimate of drug-likeness (QED) is 0.640. The van der Waals surface area contributed by atoms with Gasteiger partial charge in [0.15, 0.2) is 0 Å². The van der Waals surface area contributed by atoms with Crippen molar-refractivity contribution >= 4 is 5.91 Å². The molecule has 0 atom stereocenters. The molecule has 0 radical (unpaired) electrons. The van der Waals surface area contributed by atoms with E-state index in [0.29, 0.717) is 18.2 Å². The highest BCUT2D eigenvalue weighted by atomic mass is 16.5. The Labute approximate surface area is 158 Å². The van der Waals surface area contributed by atoms with E-state index in [4.69, 9.17) is 4.74 Å². The van der Waals surface area contributed by atoms with Crippen LogP contribution in [0.3, 0.4) is 0 Å². The van der Waals surface area contributed by atoms with E-state index in [-0.39, 0.29) is 5.91 Å². The maximum absolute atomic E-state index is 11.2. The number of hydrogen-bond acceptors (Lipinski definition) is 5. The van der Waals surface area contributed by atoms with Crippen LogP contribution in [0.25, 0.3) is 11.1 Å². The third-order valence-electron chi connectivity index (χ3n) is 4.22. The normalized spacial score (nSPS) is 10.4. The number of hydrogen-bond donors (Lipinski definition) is 0. The monoisotopic (exact) mass is 362 g/mol. The topological polar surface area (TPSA) is 68.2 Å². The molecule has 6 heteroatoms. The summed E-state index contributed by atoms with van der Waals surface area (Å²) in [4.78, 5) is 25.7. The minimum absolute atomic E-state index is 0.0633. The lowest BCUT2D eigenvalue weighted by Crippen LogP contribution is -2.25. The van der Waals surface area contributed by atoms with Crippen LogP contribution in [-0.2, 0) is 11.2 Å². The smallest absolute Gasteiger partial charge is 0.238 e. The number of pyridine rings is 1. The van der Waals surface area contributed by atoms with Gasteiger partial charge in [-0.05, 0) is 48.2 Å². The minimum Gasteiger partial charge on any atom is -0.437 e. The molecule has 0 aliphatic carbocycles. The molecule has 0 saturated heterocycles. The molecule has 0 bridgehead atoms. The summed E-state index contributed by atoms with van der Waals surface area (Å²) >= 11 is 0. The maximum atomic E-state index is 11.2. The van der Waals surface area contributed by atoms with Crippen molar-refractivity contribution < 1.29 is 9.53 Å². The van der Waals surface area contributed by atoms with Crippen molar-refractivity contribution in [2.24, 2.45) is 0 Å². The summed E-state index contributed by atoms with van der Waals surface area (Å²) in [7, 11) is 1.79. The van der Waals surface area contributed by atoms with Crippen LogP contribution in [0, 0.1) is 0 Å². The van der Waals surface area contributed by atoms with E-state index in [2.05, 4.69) is 15.0 Å². The lowest BCUT2D eigenvalue weighted by atomic mass is 10.1. The van der Waals surface area contributed by atoms with E-state index >= 15 is 0 Å². The lowest BCUT2D eigenvalue weighted by Gasteiger charge is -2.14. The number of aryl methyl sites for hydroxylation is 1. The molecule has 0 aliphatic rings. The number of carbonyl (C=O) groups is 1. The van der Waals surface area contributed by atoms with Gasteiger partial charge in [-0.1, -0.05) is 12.1 Å². The Morgan fingerprint density at radius 3 is 2.41 bits per heavy atom. The Balaban J connectivity index is 1.60. The first kappa shape index (κ1) is 18.5. The first-order chi connectivity index (χ1) is 13.1. The molecule has 6 nitrogen and oxygen atoms in total. The first-order valence-electron chi connectivity index (χ1n) is 8.83. The number of rotatable bonds is 7. The number of nitrogens with zero attached hydrogens (tertiary/aromatic N) is 4. The van der Waals surface area contributed by atoms with E-state index in [1.165, 1.54) is 0 Å². The molecule has 0 aliphatic heterocycles. The van der Waals surface area contributed by atoms with Crippen molar-refractivity contribution in [2.75, 3.05) is 13.6 Å². The van der Waals surface area contributed by atoms with Crippen molar-refractivity contribution in [1.29, 1.82) is 0 Å². The van der Waals surface area contributed by atoms with Gasteiger partial charge >= 0.3 is 0 Å². The average Bonchev–Trinajstić information content (AvgIpc) is 2.69. The fraction of sp³-hybridized carbons (Fsp3) is 0.238. The van der Waals surface area contributed by atoms with Gasteiger partial charge in [0.1, 0.15) is 5.75 Å². The Morgan fingerprint density at radius 2 is 1.70 bits per heavy atom. The van der Waals surface area contributed by atoms with Crippen molar-refractivity contribution in [2.45, 2.75) is 19.8 Å². The molecule has 1 aromatic carbocycles. The van der Waals surface area contributed by atoms with Crippen LogP contribution in [0.2, 0.25) is 0 Å². The summed E-state index contributed by atoms with van der Waals surface area (Å²) in [5, 5.41) is 0. The predicted octanol–water partition coefficient (Wildman–Crippen LogP) is 3.74. The third-order valence-corrected chi connectivity index (χ3v) is 4.22. The van der Waals surface area contributed by atoms with Gasteiger partial charge in [-0.25, -0.2) is 4.98 Å². The summed E-state index contributed by atoms with van der Waals surface area (Å²) in [5.41, 5.74) is 3.05. The van der Waals surface area contributed by atoms with Gasteiger partial charge < -0.3 is 9.64 Å². The Hall–Kier alpha value is -3.28. The molecule has 2 aromatic heterocycles. The number of amides is 1. The van der Waals surface area contributed by atoms with Crippen LogP contribution >= 0.6 is 0 Å². The van der Waals surface area contributed by atoms with Gasteiger partial charge in [0, 0.05) is 39.1 Å². The minimum atomic E-state index is 0.0633. The van der Waals surface area contributed by atoms with Crippen LogP contribution in [0.15, 0.2) is 61.2 Å². The Bertz CT molecular complexity index is 882. The molecule has 0 fully saturated rings. The molecular formula is C21H22N4O2. The summed E-state index contributed by atoms with van der Waals surface area (Å²) in [6.45, 7) is 2.26. The van der Waals surface area contributed by atoms with Crippen LogP contribution in [-0.4, -0.2) is 39.4 Å². The number of ether oxygens (including phenoxy) is 1. The van der Waals surface area contributed by atoms with Crippen LogP contribution in [0.1, 0.15) is 19.0 Å². The summed E-state index contributed by atoms with van der Waals surface area (Å²) < 4.78 is 5.83. The number of carbonyl (C=O) groups excluding carboxylic acids is 1. The summed E-state index contributed by atoms with van der Waals surface area (Å²) in [6.07, 6.45) is 8.44. The van der Waals surface area contributed by atoms with Gasteiger partial charge in [-0.3, -0.25) is 14.8 Å². The molecule has 0 saturated carbocycles. The van der Waals surface area contributed by atoms with Crippen LogP contribution < -0.4 is 4.74 Å². The summed E-state index contributed by atoms with van der Waals surface area (Å²) in [6, 6.07) is 11.7. The van der Waals surface area contributed by atoms with E-state index in [1.54, 1.807) is 43.7 Å². The van der Waals surface area contributed by atoms with Gasteiger partial charge in [0.25, 0.3) is 0 Å². The van der Waals surface area contributed by atoms with Gasteiger partial charge in [0.05, 0.1) is 11.9 Å². The van der Waals surface area contributed by atoms with E-state index in [1.807, 2.05) is 36.4 Å². The first-order valence-corrected chi connectivity index (χ1v) is 8.83. The highest BCUT2D eigenvalue weighted by molar-refractivity contribution is 5.72. The molecule has 138 valence electrons. The van der Waals surface area contributed by atoms with Crippen molar-refractivity contribution in [3.63, 3.8) is 0 Å². The van der Waals surface area contributed by atoms with E-state index < -0.39 is 0 Å². The molecule has 0 unspecified atom stereocenters. The maximum Gasteiger partial charge on any atom is 0.238 e. The molecule has 3 rings (SSSR count). The Kier molecular flexibility index (Phi) is 6.10. The number of benzene rings is 1. The van der Waals surface area contributed by atoms with Crippen molar-refractivity contribution in [3.05, 3.63) is 66.9 Å². The highest BCUT2D eigenvalue weighted by Gasteiger charge is 2.05. The fourth-order valence-corrected chi connectivity index (χ4v) is 2.59. The van der Waals surface area contributed by atoms with Crippen molar-refractivity contribution in [1.82, 2.24) is 19.9 Å². The molecule has 1 amide bonds. The molecule has 27 heavy (non-hydrogen) atoms. The van der Waals surface area contributed by atoms with Crippen LogP contribution in [0.5, 0.6) is 11.6 Å². The average molecular weight is 362 g/mol. The zero-order valence-corrected chi connectivity index (χ0v) is 15.5. The zero-order chi connectivity index (χ0) is 19.1. The summed E-state index contributed by atoms with van der Waals surface area (Å²) in [5.74, 6) is 1.23. The van der Waals surface area contributed by atoms with E-state index in [0.717, 1.165) is 29.7 Å². The molecule has 2 heterocycles. The standard InChI is InChI=1S/C21H22N4O2/c1-16(26)25(2)13-3-4-19-14-23-15-21(24-19)27-20-7-5-17(6-8-20)18-9-11-22-12-10-18/h5-12,14-15H,3-4,13H2,1-2H3. The predicted molar refractivity (Wildman–Crippen MR) is 103 cm³/mol. The fourth-order valence-electron chi connectivity index (χ4n) is 2.59. The second-order valence-corrected chi connectivity index (χ2v) is 6.26. The van der Waals surface area contributed by atoms with Gasteiger partial charge in [-0.2, -0.15) is 0 Å². The molecule has 3 aromatic rings. The van der Waals surface area contributed by atoms with Gasteiger partial charge in [-0.15, -0.1) is 0 Å². The largest absolute Gasteiger partial charge is 0.437 e. The molecule has 0 spiro atoms. The highest BCUT2D eigenvalue weighted by Crippen LogP contribution is 2.24. The van der Waals surface area contributed by atoms with Crippen LogP contribution in [0.4, 0.5) is 0 Å². The van der Waals surface area contributed by atoms with E-state index in [9.17, 15) is 4.79 Å². The zero-order valence-electron chi connectivity index (χ0n) is 15.5. The number of aromatic nitrogens is 3. The second kappa shape index (κ2) is 8.89. The third kappa shape index (κ3) is 5.34. The molecular weight excluding hydrogens is 340 g/mol. The van der Waals surface area contributed by atoms with Crippen molar-refractivity contribution in [3.8, 4) is 22.8 Å². The Morgan fingerprint density at radius 1 is 1.00 bits per heavy atom. The molecule has 0 N–H and O–H groups in total. The SMILES string of the molecule is CC(=O)N(C)CCCc1cncc(Oc2ccc(-c3ccncc3)cc2)n1. The second-order valence-electron chi connectivity index (χ2n) is 6.26.